The average Bonchev–Trinajstić information content (AvgIpc) is 2.70. The summed E-state index contributed by atoms with van der Waals surface area (Å²) in [6, 6.07) is 5.82. The summed E-state index contributed by atoms with van der Waals surface area (Å²) in [5, 5.41) is 7.48. The zero-order valence-electron chi connectivity index (χ0n) is 16.1. The van der Waals surface area contributed by atoms with E-state index in [2.05, 4.69) is 25.9 Å². The number of carbonyl (C=O) groups is 3. The molecule has 2 heterocycles. The van der Waals surface area contributed by atoms with Gasteiger partial charge >= 0.3 is 6.03 Å². The number of imide groups is 1. The molecule has 0 unspecified atom stereocenters. The van der Waals surface area contributed by atoms with E-state index in [1.807, 2.05) is 0 Å². The Morgan fingerprint density at radius 3 is 2.45 bits per heavy atom. The minimum atomic E-state index is -0.601. The van der Waals surface area contributed by atoms with Crippen molar-refractivity contribution < 1.29 is 19.1 Å². The molecule has 9 heteroatoms. The van der Waals surface area contributed by atoms with Crippen LogP contribution in [0.15, 0.2) is 36.7 Å². The number of hydrogen-bond acceptors (Lipinski definition) is 6. The van der Waals surface area contributed by atoms with Crippen molar-refractivity contribution in [2.24, 2.45) is 5.92 Å². The first-order chi connectivity index (χ1) is 14.0. The molecule has 1 aliphatic carbocycles. The Morgan fingerprint density at radius 2 is 1.76 bits per heavy atom. The Labute approximate surface area is 168 Å². The van der Waals surface area contributed by atoms with E-state index in [0.29, 0.717) is 23.1 Å². The Balaban J connectivity index is 1.52. The Morgan fingerprint density at radius 1 is 0.966 bits per heavy atom. The van der Waals surface area contributed by atoms with Gasteiger partial charge in [0.2, 0.25) is 11.8 Å². The van der Waals surface area contributed by atoms with Crippen LogP contribution in [0.25, 0.3) is 0 Å². The van der Waals surface area contributed by atoms with Gasteiger partial charge in [-0.15, -0.1) is 0 Å². The molecule has 9 nitrogen and oxygen atoms in total. The lowest BCUT2D eigenvalue weighted by atomic mass is 9.89. The van der Waals surface area contributed by atoms with Gasteiger partial charge in [0.25, 0.3) is 0 Å². The molecule has 4 amide bonds. The lowest BCUT2D eigenvalue weighted by Crippen LogP contribution is -2.39. The van der Waals surface area contributed by atoms with Crippen LogP contribution in [0, 0.1) is 5.92 Å². The van der Waals surface area contributed by atoms with Gasteiger partial charge in [-0.1, -0.05) is 19.3 Å². The van der Waals surface area contributed by atoms with E-state index in [9.17, 15) is 14.4 Å². The predicted octanol–water partition coefficient (Wildman–Crippen LogP) is 3.46. The summed E-state index contributed by atoms with van der Waals surface area (Å²) in [4.78, 5) is 43.3. The maximum Gasteiger partial charge on any atom is 0.327 e. The topological polar surface area (TPSA) is 122 Å². The Hall–Kier alpha value is -3.49. The number of nitrogens with one attached hydrogen (secondary N) is 3. The normalized spacial score (nSPS) is 14.0. The molecule has 1 aliphatic rings. The van der Waals surface area contributed by atoms with Crippen molar-refractivity contribution in [3.63, 3.8) is 0 Å². The molecular weight excluding hydrogens is 374 g/mol. The quantitative estimate of drug-likeness (QED) is 0.710. The van der Waals surface area contributed by atoms with Gasteiger partial charge in [0.1, 0.15) is 23.1 Å². The summed E-state index contributed by atoms with van der Waals surface area (Å²) in [6.07, 6.45) is 7.78. The lowest BCUT2D eigenvalue weighted by Gasteiger charge is -2.20. The first-order valence-corrected chi connectivity index (χ1v) is 9.49. The van der Waals surface area contributed by atoms with E-state index in [4.69, 9.17) is 4.74 Å². The van der Waals surface area contributed by atoms with Crippen molar-refractivity contribution in [3.8, 4) is 11.5 Å². The van der Waals surface area contributed by atoms with Crippen LogP contribution in [-0.2, 0) is 9.59 Å². The summed E-state index contributed by atoms with van der Waals surface area (Å²) in [5.74, 6) is 1.01. The molecule has 0 aromatic carbocycles. The zero-order chi connectivity index (χ0) is 20.6. The molecule has 152 valence electrons. The largest absolute Gasteiger partial charge is 0.456 e. The van der Waals surface area contributed by atoms with Crippen molar-refractivity contribution in [2.45, 2.75) is 39.0 Å². The minimum Gasteiger partial charge on any atom is -0.456 e. The molecule has 0 saturated heterocycles. The molecule has 0 radical (unpaired) electrons. The van der Waals surface area contributed by atoms with Crippen LogP contribution >= 0.6 is 0 Å². The third-order valence-corrected chi connectivity index (χ3v) is 4.46. The molecule has 0 aliphatic heterocycles. The van der Waals surface area contributed by atoms with E-state index >= 15 is 0 Å². The van der Waals surface area contributed by atoms with E-state index in [1.54, 1.807) is 24.3 Å². The zero-order valence-corrected chi connectivity index (χ0v) is 16.1. The number of carbonyl (C=O) groups excluding carboxylic acids is 3. The van der Waals surface area contributed by atoms with Crippen molar-refractivity contribution >= 4 is 29.5 Å². The number of pyridine rings is 2. The lowest BCUT2D eigenvalue weighted by molar-refractivity contribution is -0.124. The predicted molar refractivity (Wildman–Crippen MR) is 107 cm³/mol. The van der Waals surface area contributed by atoms with Gasteiger partial charge in [-0.2, -0.15) is 0 Å². The molecule has 2 aromatic heterocycles. The number of nitrogens with zero attached hydrogens (tertiary/aromatic N) is 2. The molecule has 0 bridgehead atoms. The minimum absolute atomic E-state index is 0.0963. The number of rotatable bonds is 5. The molecule has 29 heavy (non-hydrogen) atoms. The van der Waals surface area contributed by atoms with Gasteiger partial charge in [-0.25, -0.2) is 14.8 Å². The first kappa shape index (κ1) is 20.2. The van der Waals surface area contributed by atoms with Gasteiger partial charge in [-0.3, -0.25) is 20.2 Å². The first-order valence-electron chi connectivity index (χ1n) is 9.49. The van der Waals surface area contributed by atoms with E-state index in [0.717, 1.165) is 32.1 Å². The summed E-state index contributed by atoms with van der Waals surface area (Å²) < 4.78 is 5.67. The third-order valence-electron chi connectivity index (χ3n) is 4.46. The molecule has 3 N–H and O–H groups in total. The maximum absolute atomic E-state index is 12.1. The van der Waals surface area contributed by atoms with Gasteiger partial charge in [-0.05, 0) is 31.0 Å². The van der Waals surface area contributed by atoms with E-state index in [-0.39, 0.29) is 17.7 Å². The van der Waals surface area contributed by atoms with Gasteiger partial charge in [0, 0.05) is 25.1 Å². The average molecular weight is 397 g/mol. The molecular formula is C20H23N5O4. The summed E-state index contributed by atoms with van der Waals surface area (Å²) >= 11 is 0. The van der Waals surface area contributed by atoms with E-state index < -0.39 is 6.03 Å². The summed E-state index contributed by atoms with van der Waals surface area (Å²) in [6.45, 7) is 1.39. The molecule has 0 spiro atoms. The SMILES string of the molecule is CC(=O)Nc1cc(Oc2ccc(NC(=O)NC(=O)C3CCCCC3)nc2)ccn1. The van der Waals surface area contributed by atoms with Crippen LogP contribution in [-0.4, -0.2) is 27.8 Å². The number of anilines is 2. The maximum atomic E-state index is 12.1. The third kappa shape index (κ3) is 6.27. The highest BCUT2D eigenvalue weighted by molar-refractivity contribution is 6.01. The van der Waals surface area contributed by atoms with Crippen LogP contribution in [0.2, 0.25) is 0 Å². The van der Waals surface area contributed by atoms with Crippen LogP contribution in [0.3, 0.4) is 0 Å². The van der Waals surface area contributed by atoms with Gasteiger partial charge in [0.15, 0.2) is 0 Å². The van der Waals surface area contributed by atoms with Gasteiger partial charge in [0.05, 0.1) is 6.20 Å². The van der Waals surface area contributed by atoms with Crippen LogP contribution in [0.1, 0.15) is 39.0 Å². The molecule has 2 aromatic rings. The van der Waals surface area contributed by atoms with Crippen molar-refractivity contribution in [1.82, 2.24) is 15.3 Å². The highest BCUT2D eigenvalue weighted by atomic mass is 16.5. The molecule has 1 saturated carbocycles. The van der Waals surface area contributed by atoms with E-state index in [1.165, 1.54) is 19.3 Å². The number of amides is 4. The standard InChI is InChI=1S/C20H23N5O4/c1-13(26)23-18-11-15(9-10-21-18)29-16-7-8-17(22-12-16)24-20(28)25-19(27)14-5-3-2-4-6-14/h7-12,14H,2-6H2,1H3,(H,21,23,26)(H2,22,24,25,27,28). The molecule has 1 fully saturated rings. The number of aromatic nitrogens is 2. The summed E-state index contributed by atoms with van der Waals surface area (Å²) in [7, 11) is 0. The monoisotopic (exact) mass is 397 g/mol. The van der Waals surface area contributed by atoms with Crippen molar-refractivity contribution in [1.29, 1.82) is 0 Å². The highest BCUT2D eigenvalue weighted by Crippen LogP contribution is 2.24. The Bertz CT molecular complexity index is 879. The molecule has 0 atom stereocenters. The smallest absolute Gasteiger partial charge is 0.327 e. The highest BCUT2D eigenvalue weighted by Gasteiger charge is 2.22. The van der Waals surface area contributed by atoms with Crippen molar-refractivity contribution in [2.75, 3.05) is 10.6 Å². The van der Waals surface area contributed by atoms with Gasteiger partial charge < -0.3 is 10.1 Å². The second kappa shape index (κ2) is 9.63. The Kier molecular flexibility index (Phi) is 6.72. The fourth-order valence-electron chi connectivity index (χ4n) is 3.10. The molecule has 3 rings (SSSR count). The second-order valence-corrected chi connectivity index (χ2v) is 6.82. The van der Waals surface area contributed by atoms with Crippen LogP contribution < -0.4 is 20.7 Å². The van der Waals surface area contributed by atoms with Crippen LogP contribution in [0.4, 0.5) is 16.4 Å². The summed E-state index contributed by atoms with van der Waals surface area (Å²) in [5.41, 5.74) is 0. The fraction of sp³-hybridized carbons (Fsp3) is 0.350. The number of urea groups is 1. The fourth-order valence-corrected chi connectivity index (χ4v) is 3.10. The number of ether oxygens (including phenoxy) is 1. The van der Waals surface area contributed by atoms with Crippen LogP contribution in [0.5, 0.6) is 11.5 Å². The second-order valence-electron chi connectivity index (χ2n) is 6.82. The van der Waals surface area contributed by atoms with Crippen molar-refractivity contribution in [3.05, 3.63) is 36.7 Å². The number of hydrogen-bond donors (Lipinski definition) is 3.